The van der Waals surface area contributed by atoms with Gasteiger partial charge >= 0.3 is 5.97 Å². The van der Waals surface area contributed by atoms with Gasteiger partial charge in [0.15, 0.2) is 25.0 Å². The molecule has 11 heteroatoms. The molecule has 0 aliphatic carbocycles. The maximum atomic E-state index is 12.3. The fourth-order valence-electron chi connectivity index (χ4n) is 4.77. The van der Waals surface area contributed by atoms with E-state index in [0.29, 0.717) is 0 Å². The van der Waals surface area contributed by atoms with Gasteiger partial charge in [-0.1, -0.05) is 84.9 Å². The van der Waals surface area contributed by atoms with Gasteiger partial charge < -0.3 is 27.5 Å². The predicted octanol–water partition coefficient (Wildman–Crippen LogP) is 8.98. The normalized spacial score (nSPS) is 29.0. The van der Waals surface area contributed by atoms with Crippen LogP contribution < -0.4 is 0 Å². The number of fused-ring (bicyclic) bond motifs is 1. The Morgan fingerprint density at radius 1 is 0.814 bits per heavy atom. The molecule has 2 fully saturated rings. The molecule has 0 aromatic heterocycles. The van der Waals surface area contributed by atoms with Crippen LogP contribution in [0.5, 0.6) is 0 Å². The molecule has 0 aromatic rings. The summed E-state index contributed by atoms with van der Waals surface area (Å²) in [7, 11) is -5.36. The van der Waals surface area contributed by atoms with Crippen molar-refractivity contribution in [3.8, 4) is 0 Å². The van der Waals surface area contributed by atoms with E-state index in [1.54, 1.807) is 0 Å². The monoisotopic (exact) mass is 770 g/mol. The highest BCUT2D eigenvalue weighted by Gasteiger charge is 2.57. The topological polar surface area (TPSA) is 72.5 Å². The van der Waals surface area contributed by atoms with E-state index in [1.165, 1.54) is 7.11 Å². The standard InChI is InChI=1S/C32H63IO7Si3/c1-30(2,3)41(11,12)38-24(19-20-33)27-29(40-43(15,16)32(7,8)9)28(39-42(13,14)31(4,5)6)26-23(37-27)18-17-22(36-26)21-25(34)35-10/h19-20,22-24,26-29H,17-18,21H2,1-16H3/b20-19+/t22-,23+,24?,26+,27+,28?,29?/m1/s1. The van der Waals surface area contributed by atoms with Crippen LogP contribution in [0.4, 0.5) is 0 Å². The van der Waals surface area contributed by atoms with Gasteiger partial charge in [-0.2, -0.15) is 0 Å². The number of rotatable bonds is 10. The van der Waals surface area contributed by atoms with Gasteiger partial charge in [-0.3, -0.25) is 4.79 Å². The molecule has 2 aliphatic heterocycles. The minimum Gasteiger partial charge on any atom is -0.469 e. The first-order valence-electron chi connectivity index (χ1n) is 16.0. The first-order chi connectivity index (χ1) is 19.3. The Balaban J connectivity index is 2.73. The van der Waals surface area contributed by atoms with Crippen LogP contribution in [0.2, 0.25) is 54.4 Å². The fraction of sp³-hybridized carbons (Fsp3) is 0.906. The zero-order chi connectivity index (χ0) is 33.4. The molecule has 0 amide bonds. The number of halogens is 1. The maximum absolute atomic E-state index is 12.3. The van der Waals surface area contributed by atoms with Gasteiger partial charge in [0.05, 0.1) is 31.8 Å². The Morgan fingerprint density at radius 2 is 1.30 bits per heavy atom. The smallest absolute Gasteiger partial charge is 0.308 e. The van der Waals surface area contributed by atoms with E-state index in [0.717, 1.165) is 12.8 Å². The average Bonchev–Trinajstić information content (AvgIpc) is 2.82. The molecule has 2 saturated heterocycles. The second-order valence-corrected chi connectivity index (χ2v) is 32.1. The van der Waals surface area contributed by atoms with Gasteiger partial charge in [0.2, 0.25) is 0 Å². The molecular weight excluding hydrogens is 708 g/mol. The van der Waals surface area contributed by atoms with Gasteiger partial charge in [-0.15, -0.1) is 0 Å². The third-order valence-corrected chi connectivity index (χ3v) is 24.5. The Bertz CT molecular complexity index is 965. The minimum atomic E-state index is -2.31. The summed E-state index contributed by atoms with van der Waals surface area (Å²) >= 11 is 2.29. The second kappa shape index (κ2) is 14.2. The molecule has 0 bridgehead atoms. The van der Waals surface area contributed by atoms with Crippen molar-refractivity contribution in [3.63, 3.8) is 0 Å². The van der Waals surface area contributed by atoms with Crippen LogP contribution in [-0.4, -0.2) is 80.8 Å². The highest BCUT2D eigenvalue weighted by Crippen LogP contribution is 2.47. The molecule has 0 N–H and O–H groups in total. The summed E-state index contributed by atoms with van der Waals surface area (Å²) in [6.07, 6.45) is 1.61. The molecule has 2 rings (SSSR count). The fourth-order valence-corrected chi connectivity index (χ4v) is 9.03. The number of hydrogen-bond donors (Lipinski definition) is 0. The molecule has 0 spiro atoms. The third kappa shape index (κ3) is 9.71. The van der Waals surface area contributed by atoms with Crippen molar-refractivity contribution in [2.75, 3.05) is 7.11 Å². The molecule has 7 atom stereocenters. The van der Waals surface area contributed by atoms with Crippen LogP contribution in [0.1, 0.15) is 81.6 Å². The molecule has 2 heterocycles. The number of carbonyl (C=O) groups is 1. The molecule has 2 aliphatic rings. The van der Waals surface area contributed by atoms with Gasteiger partial charge in [0.25, 0.3) is 0 Å². The zero-order valence-electron chi connectivity index (χ0n) is 30.1. The summed E-state index contributed by atoms with van der Waals surface area (Å²) in [6, 6.07) is 0. The van der Waals surface area contributed by atoms with Crippen molar-refractivity contribution in [1.82, 2.24) is 0 Å². The lowest BCUT2D eigenvalue weighted by molar-refractivity contribution is -0.266. The van der Waals surface area contributed by atoms with Crippen LogP contribution in [0.15, 0.2) is 10.2 Å². The number of carbonyl (C=O) groups excluding carboxylic acids is 1. The molecule has 7 nitrogen and oxygen atoms in total. The Kier molecular flexibility index (Phi) is 13.1. The first kappa shape index (κ1) is 39.6. The van der Waals surface area contributed by atoms with Crippen LogP contribution in [0.3, 0.4) is 0 Å². The zero-order valence-corrected chi connectivity index (χ0v) is 35.2. The van der Waals surface area contributed by atoms with Gasteiger partial charge in [0.1, 0.15) is 24.4 Å². The van der Waals surface area contributed by atoms with E-state index in [1.807, 2.05) is 4.08 Å². The van der Waals surface area contributed by atoms with Gasteiger partial charge in [-0.05, 0) is 77.4 Å². The molecule has 0 aromatic carbocycles. The molecule has 0 radical (unpaired) electrons. The van der Waals surface area contributed by atoms with Crippen molar-refractivity contribution in [1.29, 1.82) is 0 Å². The van der Waals surface area contributed by atoms with Crippen molar-refractivity contribution in [3.05, 3.63) is 10.2 Å². The van der Waals surface area contributed by atoms with E-state index in [-0.39, 0.29) is 64.1 Å². The Morgan fingerprint density at radius 3 is 1.74 bits per heavy atom. The summed E-state index contributed by atoms with van der Waals surface area (Å²) in [6.45, 7) is 34.1. The van der Waals surface area contributed by atoms with E-state index in [2.05, 4.69) is 130 Å². The number of ether oxygens (including phenoxy) is 3. The first-order valence-corrected chi connectivity index (χ1v) is 25.9. The quantitative estimate of drug-likeness (QED) is 0.125. The van der Waals surface area contributed by atoms with E-state index >= 15 is 0 Å². The van der Waals surface area contributed by atoms with Crippen LogP contribution in [0, 0.1) is 0 Å². The Hall–Kier alpha value is 0.391. The number of esters is 1. The lowest BCUT2D eigenvalue weighted by atomic mass is 9.87. The molecule has 0 saturated carbocycles. The van der Waals surface area contributed by atoms with Crippen molar-refractivity contribution >= 4 is 53.5 Å². The second-order valence-electron chi connectivity index (χ2n) is 17.1. The van der Waals surface area contributed by atoms with E-state index < -0.39 is 31.1 Å². The summed E-state index contributed by atoms with van der Waals surface area (Å²) in [5.41, 5.74) is 0. The molecule has 3 unspecified atom stereocenters. The molecular formula is C32H63IO7Si3. The third-order valence-electron chi connectivity index (χ3n) is 10.7. The van der Waals surface area contributed by atoms with Crippen molar-refractivity contribution in [2.45, 2.75) is 179 Å². The minimum absolute atomic E-state index is 0.0168. The van der Waals surface area contributed by atoms with Crippen LogP contribution in [-0.2, 0) is 32.3 Å². The molecule has 43 heavy (non-hydrogen) atoms. The summed E-state index contributed by atoms with van der Waals surface area (Å²) in [4.78, 5) is 12.3. The lowest BCUT2D eigenvalue weighted by Crippen LogP contribution is -2.69. The van der Waals surface area contributed by atoms with Crippen molar-refractivity contribution in [2.24, 2.45) is 0 Å². The van der Waals surface area contributed by atoms with E-state index in [4.69, 9.17) is 27.5 Å². The lowest BCUT2D eigenvalue weighted by Gasteiger charge is -2.56. The largest absolute Gasteiger partial charge is 0.469 e. The highest BCUT2D eigenvalue weighted by molar-refractivity contribution is 14.1. The van der Waals surface area contributed by atoms with Crippen molar-refractivity contribution < 1.29 is 32.3 Å². The van der Waals surface area contributed by atoms with Gasteiger partial charge in [0, 0.05) is 0 Å². The summed E-state index contributed by atoms with van der Waals surface area (Å²) in [5.74, 6) is -0.260. The average molecular weight is 771 g/mol. The highest BCUT2D eigenvalue weighted by atomic mass is 127. The van der Waals surface area contributed by atoms with Gasteiger partial charge in [-0.25, -0.2) is 0 Å². The SMILES string of the molecule is COC(=O)C[C@H]1CC[C@@H]2O[C@@H](C(/C=C/I)O[Si](C)(C)C(C)(C)C)C(O[Si](C)(C)C(C)(C)C)C(O[Si](C)(C)C(C)(C)C)[C@H]2O1. The van der Waals surface area contributed by atoms with E-state index in [9.17, 15) is 4.79 Å². The summed E-state index contributed by atoms with van der Waals surface area (Å²) in [5, 5.41) is -0.00778. The number of hydrogen-bond acceptors (Lipinski definition) is 7. The molecule has 252 valence electrons. The Labute approximate surface area is 280 Å². The predicted molar refractivity (Wildman–Crippen MR) is 193 cm³/mol. The maximum Gasteiger partial charge on any atom is 0.308 e. The number of methoxy groups -OCH3 is 1. The van der Waals surface area contributed by atoms with Crippen LogP contribution in [0.25, 0.3) is 0 Å². The summed E-state index contributed by atoms with van der Waals surface area (Å²) < 4.78 is 42.8. The van der Waals surface area contributed by atoms with Crippen LogP contribution >= 0.6 is 22.6 Å².